The number of nitrogens with zero attached hydrogens (tertiary/aromatic N) is 4. The van der Waals surface area contributed by atoms with Gasteiger partial charge in [-0.25, -0.2) is 4.79 Å². The lowest BCUT2D eigenvalue weighted by atomic mass is 10.0. The van der Waals surface area contributed by atoms with Crippen molar-refractivity contribution in [2.45, 2.75) is 27.7 Å². The van der Waals surface area contributed by atoms with Gasteiger partial charge in [0.05, 0.1) is 5.69 Å². The Labute approximate surface area is 152 Å². The van der Waals surface area contributed by atoms with Crippen LogP contribution in [0.4, 0.5) is 0 Å². The van der Waals surface area contributed by atoms with Gasteiger partial charge < -0.3 is 4.74 Å². The van der Waals surface area contributed by atoms with E-state index < -0.39 is 5.97 Å². The third-order valence-electron chi connectivity index (χ3n) is 3.99. The van der Waals surface area contributed by atoms with Gasteiger partial charge in [-0.15, -0.1) is 5.10 Å². The molecule has 0 spiro atoms. The van der Waals surface area contributed by atoms with Crippen LogP contribution < -0.4 is 4.74 Å². The Bertz CT molecular complexity index is 964. The number of hydrogen-bond donors (Lipinski definition) is 0. The van der Waals surface area contributed by atoms with Crippen LogP contribution in [-0.4, -0.2) is 26.2 Å². The molecule has 0 fully saturated rings. The maximum Gasteiger partial charge on any atom is 0.338 e. The minimum Gasteiger partial charge on any atom is -0.423 e. The summed E-state index contributed by atoms with van der Waals surface area (Å²) in [4.78, 5) is 11.6. The highest BCUT2D eigenvalue weighted by molar-refractivity contribution is 5.88. The summed E-state index contributed by atoms with van der Waals surface area (Å²) in [5, 5.41) is 12.2. The summed E-state index contributed by atoms with van der Waals surface area (Å²) in [6.07, 6.45) is 0. The maximum atomic E-state index is 11.6. The minimum atomic E-state index is -0.450. The minimum absolute atomic E-state index is 0.350. The van der Waals surface area contributed by atoms with Gasteiger partial charge in [0.25, 0.3) is 0 Å². The van der Waals surface area contributed by atoms with Gasteiger partial charge in [-0.1, -0.05) is 24.3 Å². The Balaban J connectivity index is 1.97. The standard InChI is InChI=1S/C20H20N4O2/c1-12(2)20(25)26-17-8-6-16(7-9-17)19-21-22-23-24(19)18-14(4)10-13(3)11-15(18)5/h6-11H,1H2,2-5H3. The van der Waals surface area contributed by atoms with Gasteiger partial charge in [0.15, 0.2) is 5.82 Å². The van der Waals surface area contributed by atoms with Gasteiger partial charge in [-0.3, -0.25) is 0 Å². The third kappa shape index (κ3) is 3.39. The van der Waals surface area contributed by atoms with Crippen LogP contribution in [0.5, 0.6) is 5.75 Å². The average molecular weight is 348 g/mol. The van der Waals surface area contributed by atoms with E-state index >= 15 is 0 Å². The van der Waals surface area contributed by atoms with E-state index in [1.807, 2.05) is 26.0 Å². The van der Waals surface area contributed by atoms with Crippen molar-refractivity contribution >= 4 is 5.97 Å². The number of ether oxygens (including phenoxy) is 1. The quantitative estimate of drug-likeness (QED) is 0.408. The van der Waals surface area contributed by atoms with Crippen LogP contribution >= 0.6 is 0 Å². The first-order valence-electron chi connectivity index (χ1n) is 8.21. The molecule has 0 aliphatic heterocycles. The monoisotopic (exact) mass is 348 g/mol. The van der Waals surface area contributed by atoms with E-state index in [9.17, 15) is 4.79 Å². The molecule has 0 radical (unpaired) electrons. The molecule has 26 heavy (non-hydrogen) atoms. The van der Waals surface area contributed by atoms with Crippen LogP contribution in [0.15, 0.2) is 48.6 Å². The highest BCUT2D eigenvalue weighted by Crippen LogP contribution is 2.26. The van der Waals surface area contributed by atoms with Crippen molar-refractivity contribution in [3.8, 4) is 22.8 Å². The first-order chi connectivity index (χ1) is 12.4. The fourth-order valence-electron chi connectivity index (χ4n) is 2.89. The van der Waals surface area contributed by atoms with Gasteiger partial charge in [0, 0.05) is 11.1 Å². The van der Waals surface area contributed by atoms with Crippen LogP contribution in [0.2, 0.25) is 0 Å². The number of carbonyl (C=O) groups excluding carboxylic acids is 1. The first-order valence-corrected chi connectivity index (χ1v) is 8.21. The van der Waals surface area contributed by atoms with Crippen LogP contribution in [0.25, 0.3) is 17.1 Å². The molecular formula is C20H20N4O2. The zero-order chi connectivity index (χ0) is 18.8. The predicted molar refractivity (Wildman–Crippen MR) is 99.3 cm³/mol. The van der Waals surface area contributed by atoms with Crippen molar-refractivity contribution in [3.05, 3.63) is 65.2 Å². The van der Waals surface area contributed by atoms with E-state index in [1.165, 1.54) is 5.56 Å². The molecule has 2 aromatic carbocycles. The Morgan fingerprint density at radius 2 is 1.69 bits per heavy atom. The molecule has 0 aliphatic rings. The van der Waals surface area contributed by atoms with E-state index in [0.717, 1.165) is 22.4 Å². The predicted octanol–water partition coefficient (Wildman–Crippen LogP) is 3.74. The van der Waals surface area contributed by atoms with Gasteiger partial charge in [-0.2, -0.15) is 4.68 Å². The zero-order valence-corrected chi connectivity index (χ0v) is 15.3. The van der Waals surface area contributed by atoms with Gasteiger partial charge in [0.1, 0.15) is 5.75 Å². The second kappa shape index (κ2) is 6.92. The molecule has 0 aliphatic carbocycles. The van der Waals surface area contributed by atoms with Crippen LogP contribution in [-0.2, 0) is 4.79 Å². The van der Waals surface area contributed by atoms with Crippen molar-refractivity contribution in [2.75, 3.05) is 0 Å². The number of esters is 1. The Hall–Kier alpha value is -3.28. The van der Waals surface area contributed by atoms with E-state index in [4.69, 9.17) is 4.74 Å². The second-order valence-electron chi connectivity index (χ2n) is 6.36. The number of benzene rings is 2. The smallest absolute Gasteiger partial charge is 0.338 e. The summed E-state index contributed by atoms with van der Waals surface area (Å²) in [6, 6.07) is 11.3. The lowest BCUT2D eigenvalue weighted by molar-refractivity contribution is -0.130. The fraction of sp³-hybridized carbons (Fsp3) is 0.200. The molecule has 1 aromatic heterocycles. The maximum absolute atomic E-state index is 11.6. The number of carbonyl (C=O) groups is 1. The molecule has 0 atom stereocenters. The van der Waals surface area contributed by atoms with E-state index in [2.05, 4.69) is 41.2 Å². The highest BCUT2D eigenvalue weighted by Gasteiger charge is 2.15. The zero-order valence-electron chi connectivity index (χ0n) is 15.3. The average Bonchev–Trinajstić information content (AvgIpc) is 3.03. The molecule has 3 rings (SSSR count). The molecule has 0 saturated heterocycles. The molecule has 6 nitrogen and oxygen atoms in total. The Morgan fingerprint density at radius 1 is 1.08 bits per heavy atom. The fourth-order valence-corrected chi connectivity index (χ4v) is 2.89. The number of aromatic nitrogens is 4. The molecule has 0 unspecified atom stereocenters. The van der Waals surface area contributed by atoms with Gasteiger partial charge >= 0.3 is 5.97 Å². The van der Waals surface area contributed by atoms with E-state index in [0.29, 0.717) is 17.1 Å². The topological polar surface area (TPSA) is 69.9 Å². The van der Waals surface area contributed by atoms with Crippen LogP contribution in [0, 0.1) is 20.8 Å². The summed E-state index contributed by atoms with van der Waals surface area (Å²) < 4.78 is 6.95. The summed E-state index contributed by atoms with van der Waals surface area (Å²) >= 11 is 0. The molecule has 132 valence electrons. The molecule has 0 saturated carbocycles. The molecule has 0 amide bonds. The number of aryl methyl sites for hydroxylation is 3. The summed E-state index contributed by atoms with van der Waals surface area (Å²) in [7, 11) is 0. The largest absolute Gasteiger partial charge is 0.423 e. The van der Waals surface area contributed by atoms with Gasteiger partial charge in [0.2, 0.25) is 0 Å². The lowest BCUT2D eigenvalue weighted by Gasteiger charge is -2.12. The van der Waals surface area contributed by atoms with E-state index in [1.54, 1.807) is 23.7 Å². The summed E-state index contributed by atoms with van der Waals surface area (Å²) in [6.45, 7) is 11.3. The molecule has 0 bridgehead atoms. The highest BCUT2D eigenvalue weighted by atomic mass is 16.5. The third-order valence-corrected chi connectivity index (χ3v) is 3.99. The van der Waals surface area contributed by atoms with E-state index in [-0.39, 0.29) is 0 Å². The SMILES string of the molecule is C=C(C)C(=O)Oc1ccc(-c2nnnn2-c2c(C)cc(C)cc2C)cc1. The van der Waals surface area contributed by atoms with Crippen molar-refractivity contribution in [3.63, 3.8) is 0 Å². The van der Waals surface area contributed by atoms with Crippen LogP contribution in [0.1, 0.15) is 23.6 Å². The molecule has 0 N–H and O–H groups in total. The summed E-state index contributed by atoms with van der Waals surface area (Å²) in [5.74, 6) is 0.620. The summed E-state index contributed by atoms with van der Waals surface area (Å²) in [5.41, 5.74) is 5.54. The molecule has 3 aromatic rings. The Morgan fingerprint density at radius 3 is 2.27 bits per heavy atom. The van der Waals surface area contributed by atoms with Crippen molar-refractivity contribution < 1.29 is 9.53 Å². The Kier molecular flexibility index (Phi) is 4.67. The number of tetrazole rings is 1. The van der Waals surface area contributed by atoms with Crippen LogP contribution in [0.3, 0.4) is 0 Å². The van der Waals surface area contributed by atoms with Crippen molar-refractivity contribution in [2.24, 2.45) is 0 Å². The number of hydrogen-bond acceptors (Lipinski definition) is 5. The van der Waals surface area contributed by atoms with Gasteiger partial charge in [-0.05, 0) is 73.5 Å². The molecule has 1 heterocycles. The van der Waals surface area contributed by atoms with Crippen molar-refractivity contribution in [1.82, 2.24) is 20.2 Å². The molecule has 6 heteroatoms. The van der Waals surface area contributed by atoms with Crippen molar-refractivity contribution in [1.29, 1.82) is 0 Å². The normalized spacial score (nSPS) is 10.6. The first kappa shape index (κ1) is 17.5. The lowest BCUT2D eigenvalue weighted by Crippen LogP contribution is -2.08. The molecular weight excluding hydrogens is 328 g/mol. The second-order valence-corrected chi connectivity index (χ2v) is 6.36. The number of rotatable bonds is 4.